The minimum absolute atomic E-state index is 0.240. The first-order chi connectivity index (χ1) is 7.24. The summed E-state index contributed by atoms with van der Waals surface area (Å²) in [5.74, 6) is 0.486. The molecule has 2 aliphatic heterocycles. The summed E-state index contributed by atoms with van der Waals surface area (Å²) in [6.45, 7) is 1.41. The van der Waals surface area contributed by atoms with E-state index in [1.165, 1.54) is 6.20 Å². The van der Waals surface area contributed by atoms with Crippen molar-refractivity contribution < 1.29 is 9.13 Å². The molecule has 6 heteroatoms. The summed E-state index contributed by atoms with van der Waals surface area (Å²) in [6, 6.07) is 0.279. The molecule has 3 rings (SSSR count). The normalized spacial score (nSPS) is 28.8. The predicted octanol–water partition coefficient (Wildman–Crippen LogP) is 1.25. The molecule has 1 aromatic rings. The molecule has 2 aliphatic rings. The first-order valence-corrected chi connectivity index (χ1v) is 5.18. The first kappa shape index (κ1) is 9.30. The summed E-state index contributed by atoms with van der Waals surface area (Å²) in [5, 5.41) is 0.393. The molecule has 2 unspecified atom stereocenters. The molecule has 0 spiro atoms. The van der Waals surface area contributed by atoms with E-state index in [-0.39, 0.29) is 12.1 Å². The van der Waals surface area contributed by atoms with Gasteiger partial charge >= 0.3 is 6.08 Å². The number of ether oxygens (including phenoxy) is 1. The fourth-order valence-corrected chi connectivity index (χ4v) is 2.40. The second kappa shape index (κ2) is 3.28. The van der Waals surface area contributed by atoms with Crippen molar-refractivity contribution in [1.29, 1.82) is 0 Å². The summed E-state index contributed by atoms with van der Waals surface area (Å²) >= 11 is 5.94. The number of halogens is 2. The van der Waals surface area contributed by atoms with Crippen LogP contribution in [0, 0.1) is 6.08 Å². The maximum Gasteiger partial charge on any atom is 0.310 e. The van der Waals surface area contributed by atoms with Crippen LogP contribution in [0.15, 0.2) is 6.20 Å². The van der Waals surface area contributed by atoms with E-state index in [2.05, 4.69) is 9.97 Å². The molecular formula is C9H9ClFN3O. The van der Waals surface area contributed by atoms with Crippen molar-refractivity contribution in [2.75, 3.05) is 18.1 Å². The Morgan fingerprint density at radius 3 is 3.13 bits per heavy atom. The average Bonchev–Trinajstić information content (AvgIpc) is 2.83. The zero-order chi connectivity index (χ0) is 10.4. The molecule has 0 amide bonds. The van der Waals surface area contributed by atoms with Gasteiger partial charge < -0.3 is 9.64 Å². The number of hydrogen-bond acceptors (Lipinski definition) is 4. The van der Waals surface area contributed by atoms with Gasteiger partial charge in [0.25, 0.3) is 0 Å². The molecule has 0 aliphatic carbocycles. The van der Waals surface area contributed by atoms with Crippen molar-refractivity contribution in [1.82, 2.24) is 9.97 Å². The van der Waals surface area contributed by atoms with Gasteiger partial charge in [-0.3, -0.25) is 0 Å². The van der Waals surface area contributed by atoms with Crippen LogP contribution in [-0.4, -0.2) is 35.3 Å². The van der Waals surface area contributed by atoms with Gasteiger partial charge in [-0.15, -0.1) is 0 Å². The van der Waals surface area contributed by atoms with E-state index in [9.17, 15) is 4.39 Å². The third kappa shape index (κ3) is 1.46. The fraction of sp³-hybridized carbons (Fsp3) is 0.556. The van der Waals surface area contributed by atoms with Gasteiger partial charge in [0.1, 0.15) is 5.02 Å². The highest BCUT2D eigenvalue weighted by Gasteiger charge is 2.40. The molecule has 0 radical (unpaired) electrons. The number of anilines is 1. The summed E-state index contributed by atoms with van der Waals surface area (Å²) in [4.78, 5) is 9.14. The van der Waals surface area contributed by atoms with E-state index in [1.54, 1.807) is 0 Å². The number of hydrogen-bond donors (Lipinski definition) is 0. The molecule has 80 valence electrons. The highest BCUT2D eigenvalue weighted by atomic mass is 35.5. The van der Waals surface area contributed by atoms with E-state index < -0.39 is 6.08 Å². The highest BCUT2D eigenvalue weighted by Crippen LogP contribution is 2.34. The molecule has 4 nitrogen and oxygen atoms in total. The lowest BCUT2D eigenvalue weighted by Crippen LogP contribution is -2.37. The zero-order valence-corrected chi connectivity index (χ0v) is 8.62. The van der Waals surface area contributed by atoms with E-state index in [1.807, 2.05) is 4.90 Å². The number of aromatic nitrogens is 2. The van der Waals surface area contributed by atoms with Crippen LogP contribution in [0.3, 0.4) is 0 Å². The van der Waals surface area contributed by atoms with E-state index in [0.717, 1.165) is 13.0 Å². The first-order valence-electron chi connectivity index (χ1n) is 4.80. The summed E-state index contributed by atoms with van der Waals surface area (Å²) in [7, 11) is 0. The second-order valence-corrected chi connectivity index (χ2v) is 4.22. The Morgan fingerprint density at radius 1 is 1.60 bits per heavy atom. The molecule has 2 saturated heterocycles. The Labute approximate surface area is 91.0 Å². The van der Waals surface area contributed by atoms with Crippen molar-refractivity contribution in [3.8, 4) is 0 Å². The van der Waals surface area contributed by atoms with Crippen LogP contribution in [0.4, 0.5) is 10.2 Å². The zero-order valence-electron chi connectivity index (χ0n) is 7.86. The van der Waals surface area contributed by atoms with Crippen LogP contribution in [0.5, 0.6) is 0 Å². The maximum atomic E-state index is 12.9. The lowest BCUT2D eigenvalue weighted by Gasteiger charge is -2.28. The van der Waals surface area contributed by atoms with Crippen LogP contribution in [0.25, 0.3) is 0 Å². The summed E-state index contributed by atoms with van der Waals surface area (Å²) < 4.78 is 18.4. The molecule has 15 heavy (non-hydrogen) atoms. The molecule has 2 fully saturated rings. The lowest BCUT2D eigenvalue weighted by atomic mass is 10.2. The number of morpholine rings is 1. The number of nitrogens with zero attached hydrogens (tertiary/aromatic N) is 3. The Bertz CT molecular complexity index is 403. The topological polar surface area (TPSA) is 38.2 Å². The molecule has 1 aromatic heterocycles. The van der Waals surface area contributed by atoms with Gasteiger partial charge in [-0.25, -0.2) is 4.98 Å². The second-order valence-electron chi connectivity index (χ2n) is 3.81. The largest absolute Gasteiger partial charge is 0.374 e. The SMILES string of the molecule is Fc1ncc(Cl)c(N2CC3CC2CO3)n1. The van der Waals surface area contributed by atoms with Gasteiger partial charge in [-0.2, -0.15) is 9.37 Å². The minimum atomic E-state index is -0.738. The minimum Gasteiger partial charge on any atom is -0.374 e. The van der Waals surface area contributed by atoms with E-state index in [0.29, 0.717) is 17.4 Å². The number of fused-ring (bicyclic) bond motifs is 2. The standard InChI is InChI=1S/C9H9ClFN3O/c10-7-2-12-9(11)13-8(7)14-3-6-1-5(14)4-15-6/h2,5-6H,1,3-4H2. The quantitative estimate of drug-likeness (QED) is 0.680. The van der Waals surface area contributed by atoms with Crippen LogP contribution >= 0.6 is 11.6 Å². The smallest absolute Gasteiger partial charge is 0.310 e. The van der Waals surface area contributed by atoms with Crippen molar-refractivity contribution in [2.45, 2.75) is 18.6 Å². The molecule has 2 atom stereocenters. The van der Waals surface area contributed by atoms with Gasteiger partial charge in [0, 0.05) is 6.54 Å². The van der Waals surface area contributed by atoms with Crippen molar-refractivity contribution in [2.24, 2.45) is 0 Å². The summed E-state index contributed by atoms with van der Waals surface area (Å²) in [5.41, 5.74) is 0. The number of rotatable bonds is 1. The Morgan fingerprint density at radius 2 is 2.47 bits per heavy atom. The molecule has 2 bridgehead atoms. The lowest BCUT2D eigenvalue weighted by molar-refractivity contribution is 0.0988. The van der Waals surface area contributed by atoms with Gasteiger partial charge in [-0.1, -0.05) is 11.6 Å². The average molecular weight is 230 g/mol. The summed E-state index contributed by atoms with van der Waals surface area (Å²) in [6.07, 6.45) is 1.77. The third-order valence-electron chi connectivity index (χ3n) is 2.87. The van der Waals surface area contributed by atoms with Crippen LogP contribution in [-0.2, 0) is 4.74 Å². The predicted molar refractivity (Wildman–Crippen MR) is 52.5 cm³/mol. The van der Waals surface area contributed by atoms with Crippen molar-refractivity contribution in [3.63, 3.8) is 0 Å². The maximum absolute atomic E-state index is 12.9. The van der Waals surface area contributed by atoms with Gasteiger partial charge in [-0.05, 0) is 6.42 Å². The van der Waals surface area contributed by atoms with Crippen molar-refractivity contribution in [3.05, 3.63) is 17.3 Å². The van der Waals surface area contributed by atoms with Crippen molar-refractivity contribution >= 4 is 17.4 Å². The monoisotopic (exact) mass is 229 g/mol. The molecular weight excluding hydrogens is 221 g/mol. The van der Waals surface area contributed by atoms with Crippen LogP contribution in [0.2, 0.25) is 5.02 Å². The fourth-order valence-electron chi connectivity index (χ4n) is 2.20. The van der Waals surface area contributed by atoms with Gasteiger partial charge in [0.15, 0.2) is 5.82 Å². The van der Waals surface area contributed by atoms with Crippen LogP contribution < -0.4 is 4.90 Å². The Balaban J connectivity index is 1.96. The third-order valence-corrected chi connectivity index (χ3v) is 3.14. The van der Waals surface area contributed by atoms with Crippen LogP contribution in [0.1, 0.15) is 6.42 Å². The molecule has 0 aromatic carbocycles. The highest BCUT2D eigenvalue weighted by molar-refractivity contribution is 6.32. The molecule has 0 N–H and O–H groups in total. The Hall–Kier alpha value is -0.940. The molecule has 3 heterocycles. The van der Waals surface area contributed by atoms with Gasteiger partial charge in [0.05, 0.1) is 24.9 Å². The van der Waals surface area contributed by atoms with Gasteiger partial charge in [0.2, 0.25) is 0 Å². The van der Waals surface area contributed by atoms with E-state index in [4.69, 9.17) is 16.3 Å². The molecule has 0 saturated carbocycles. The van der Waals surface area contributed by atoms with E-state index >= 15 is 0 Å². The Kier molecular flexibility index (Phi) is 2.03.